The topological polar surface area (TPSA) is 41.5 Å². The van der Waals surface area contributed by atoms with E-state index in [4.69, 9.17) is 11.6 Å². The Labute approximate surface area is 156 Å². The molecule has 1 atom stereocenters. The van der Waals surface area contributed by atoms with Crippen LogP contribution in [0.5, 0.6) is 0 Å². The van der Waals surface area contributed by atoms with Gasteiger partial charge in [-0.1, -0.05) is 54.1 Å². The van der Waals surface area contributed by atoms with Crippen molar-refractivity contribution in [1.82, 2.24) is 5.43 Å². The minimum Gasteiger partial charge on any atom is -0.272 e. The van der Waals surface area contributed by atoms with Gasteiger partial charge in [-0.2, -0.15) is 5.10 Å². The van der Waals surface area contributed by atoms with Crippen LogP contribution in [0.4, 0.5) is 0 Å². The number of thioether (sulfide) groups is 1. The zero-order chi connectivity index (χ0) is 17.6. The van der Waals surface area contributed by atoms with Crippen molar-refractivity contribution in [2.75, 3.05) is 0 Å². The van der Waals surface area contributed by atoms with Gasteiger partial charge in [-0.05, 0) is 42.0 Å². The average Bonchev–Trinajstić information content (AvgIpc) is 2.63. The van der Waals surface area contributed by atoms with Crippen LogP contribution in [-0.2, 0) is 4.79 Å². The number of hydrogen-bond acceptors (Lipinski definition) is 3. The summed E-state index contributed by atoms with van der Waals surface area (Å²) in [5, 5.41) is 6.78. The van der Waals surface area contributed by atoms with Crippen LogP contribution in [0.15, 0.2) is 76.7 Å². The van der Waals surface area contributed by atoms with E-state index in [1.54, 1.807) is 6.21 Å². The van der Waals surface area contributed by atoms with Crippen LogP contribution in [0.3, 0.4) is 0 Å². The maximum absolute atomic E-state index is 12.2. The number of carbonyl (C=O) groups is 1. The highest BCUT2D eigenvalue weighted by Crippen LogP contribution is 2.24. The SMILES string of the molecule is CC(Sc1ccc(Cl)cc1)C(=O)N/N=C/c1cccc2ccccc12. The Morgan fingerprint density at radius 3 is 2.60 bits per heavy atom. The molecule has 0 fully saturated rings. The van der Waals surface area contributed by atoms with Gasteiger partial charge < -0.3 is 0 Å². The summed E-state index contributed by atoms with van der Waals surface area (Å²) in [5.74, 6) is -0.142. The molecule has 1 N–H and O–H groups in total. The molecule has 0 saturated heterocycles. The second kappa shape index (κ2) is 8.19. The van der Waals surface area contributed by atoms with Crippen molar-refractivity contribution in [2.45, 2.75) is 17.1 Å². The number of benzene rings is 3. The van der Waals surface area contributed by atoms with Crippen LogP contribution in [0.1, 0.15) is 12.5 Å². The number of rotatable bonds is 5. The predicted octanol–water partition coefficient (Wildman–Crippen LogP) is 5.12. The van der Waals surface area contributed by atoms with Gasteiger partial charge in [0.15, 0.2) is 0 Å². The van der Waals surface area contributed by atoms with E-state index < -0.39 is 0 Å². The predicted molar refractivity (Wildman–Crippen MR) is 106 cm³/mol. The van der Waals surface area contributed by atoms with Crippen LogP contribution >= 0.6 is 23.4 Å². The third kappa shape index (κ3) is 4.62. The summed E-state index contributed by atoms with van der Waals surface area (Å²) < 4.78 is 0. The van der Waals surface area contributed by atoms with Crippen molar-refractivity contribution >= 4 is 46.3 Å². The zero-order valence-electron chi connectivity index (χ0n) is 13.6. The number of hydrogen-bond donors (Lipinski definition) is 1. The van der Waals surface area contributed by atoms with Crippen LogP contribution in [0, 0.1) is 0 Å². The first-order chi connectivity index (χ1) is 12.1. The van der Waals surface area contributed by atoms with Crippen molar-refractivity contribution in [3.05, 3.63) is 77.3 Å². The van der Waals surface area contributed by atoms with E-state index in [0.717, 1.165) is 21.2 Å². The fourth-order valence-corrected chi connectivity index (χ4v) is 3.38. The van der Waals surface area contributed by atoms with Crippen LogP contribution < -0.4 is 5.43 Å². The lowest BCUT2D eigenvalue weighted by atomic mass is 10.1. The molecule has 0 radical (unpaired) electrons. The first kappa shape index (κ1) is 17.5. The zero-order valence-corrected chi connectivity index (χ0v) is 15.2. The average molecular weight is 369 g/mol. The molecule has 1 unspecified atom stereocenters. The molecule has 0 spiro atoms. The van der Waals surface area contributed by atoms with Gasteiger partial charge in [0.1, 0.15) is 0 Å². The van der Waals surface area contributed by atoms with Gasteiger partial charge in [-0.15, -0.1) is 11.8 Å². The van der Waals surface area contributed by atoms with E-state index in [1.807, 2.05) is 61.5 Å². The third-order valence-corrected chi connectivity index (χ3v) is 5.06. The second-order valence-corrected chi connectivity index (χ2v) is 7.37. The second-order valence-electron chi connectivity index (χ2n) is 5.52. The first-order valence-electron chi connectivity index (χ1n) is 7.86. The summed E-state index contributed by atoms with van der Waals surface area (Å²) >= 11 is 7.34. The van der Waals surface area contributed by atoms with Crippen molar-refractivity contribution in [1.29, 1.82) is 0 Å². The molecule has 126 valence electrons. The van der Waals surface area contributed by atoms with E-state index >= 15 is 0 Å². The lowest BCUT2D eigenvalue weighted by Crippen LogP contribution is -2.26. The number of fused-ring (bicyclic) bond motifs is 1. The molecule has 0 heterocycles. The fraction of sp³-hybridized carbons (Fsp3) is 0.100. The largest absolute Gasteiger partial charge is 0.272 e. The summed E-state index contributed by atoms with van der Waals surface area (Å²) in [4.78, 5) is 13.2. The van der Waals surface area contributed by atoms with Crippen molar-refractivity contribution in [2.24, 2.45) is 5.10 Å². The Balaban J connectivity index is 1.62. The molecule has 3 aromatic carbocycles. The Kier molecular flexibility index (Phi) is 5.74. The standard InChI is InChI=1S/C20H17ClN2OS/c1-14(25-18-11-9-17(21)10-12-18)20(24)23-22-13-16-7-4-6-15-5-2-3-8-19(15)16/h2-14H,1H3,(H,23,24)/b22-13+. The summed E-state index contributed by atoms with van der Waals surface area (Å²) in [5.41, 5.74) is 3.58. The van der Waals surface area contributed by atoms with E-state index in [1.165, 1.54) is 11.8 Å². The summed E-state index contributed by atoms with van der Waals surface area (Å²) in [7, 11) is 0. The minimum absolute atomic E-state index is 0.142. The number of halogens is 1. The number of nitrogens with one attached hydrogen (secondary N) is 1. The van der Waals surface area contributed by atoms with Crippen molar-refractivity contribution in [3.8, 4) is 0 Å². The fourth-order valence-electron chi connectivity index (χ4n) is 2.39. The molecule has 3 aromatic rings. The van der Waals surface area contributed by atoms with E-state index in [-0.39, 0.29) is 11.2 Å². The van der Waals surface area contributed by atoms with Gasteiger partial charge in [0.25, 0.3) is 5.91 Å². The Morgan fingerprint density at radius 1 is 1.08 bits per heavy atom. The van der Waals surface area contributed by atoms with Crippen LogP contribution in [0.25, 0.3) is 10.8 Å². The molecule has 0 aliphatic rings. The summed E-state index contributed by atoms with van der Waals surface area (Å²) in [6, 6.07) is 21.5. The molecule has 5 heteroatoms. The molecular formula is C20H17ClN2OS. The van der Waals surface area contributed by atoms with Gasteiger partial charge in [-0.3, -0.25) is 4.79 Å². The van der Waals surface area contributed by atoms with Crippen molar-refractivity contribution in [3.63, 3.8) is 0 Å². The number of amides is 1. The molecule has 0 saturated carbocycles. The first-order valence-corrected chi connectivity index (χ1v) is 9.12. The highest BCUT2D eigenvalue weighted by molar-refractivity contribution is 8.00. The van der Waals surface area contributed by atoms with Gasteiger partial charge in [0, 0.05) is 15.5 Å². The molecule has 3 nitrogen and oxygen atoms in total. The monoisotopic (exact) mass is 368 g/mol. The lowest BCUT2D eigenvalue weighted by Gasteiger charge is -2.09. The third-order valence-electron chi connectivity index (χ3n) is 3.70. The molecule has 0 aliphatic heterocycles. The molecule has 25 heavy (non-hydrogen) atoms. The van der Waals surface area contributed by atoms with E-state index in [9.17, 15) is 4.79 Å². The molecule has 3 rings (SSSR count). The molecule has 0 bridgehead atoms. The number of nitrogens with zero attached hydrogens (tertiary/aromatic N) is 1. The molecular weight excluding hydrogens is 352 g/mol. The van der Waals surface area contributed by atoms with E-state index in [2.05, 4.69) is 22.7 Å². The summed E-state index contributed by atoms with van der Waals surface area (Å²) in [6.45, 7) is 1.85. The van der Waals surface area contributed by atoms with Gasteiger partial charge in [0.2, 0.25) is 0 Å². The number of hydrazone groups is 1. The Bertz CT molecular complexity index is 904. The Hall–Kier alpha value is -2.30. The quantitative estimate of drug-likeness (QED) is 0.385. The summed E-state index contributed by atoms with van der Waals surface area (Å²) in [6.07, 6.45) is 1.68. The number of carbonyl (C=O) groups excluding carboxylic acids is 1. The molecule has 0 aromatic heterocycles. The normalized spacial score (nSPS) is 12.4. The minimum atomic E-state index is -0.258. The van der Waals surface area contributed by atoms with Crippen molar-refractivity contribution < 1.29 is 4.79 Å². The highest BCUT2D eigenvalue weighted by Gasteiger charge is 2.13. The Morgan fingerprint density at radius 2 is 1.80 bits per heavy atom. The van der Waals surface area contributed by atoms with Gasteiger partial charge >= 0.3 is 0 Å². The maximum Gasteiger partial charge on any atom is 0.253 e. The maximum atomic E-state index is 12.2. The smallest absolute Gasteiger partial charge is 0.253 e. The van der Waals surface area contributed by atoms with Gasteiger partial charge in [0.05, 0.1) is 11.5 Å². The van der Waals surface area contributed by atoms with Crippen LogP contribution in [-0.4, -0.2) is 17.4 Å². The van der Waals surface area contributed by atoms with Gasteiger partial charge in [-0.25, -0.2) is 5.43 Å². The molecule has 1 amide bonds. The molecule has 0 aliphatic carbocycles. The highest BCUT2D eigenvalue weighted by atomic mass is 35.5. The van der Waals surface area contributed by atoms with Crippen LogP contribution in [0.2, 0.25) is 5.02 Å². The lowest BCUT2D eigenvalue weighted by molar-refractivity contribution is -0.120. The van der Waals surface area contributed by atoms with E-state index in [0.29, 0.717) is 5.02 Å².